The predicted octanol–water partition coefficient (Wildman–Crippen LogP) is 14.5. The fourth-order valence-electron chi connectivity index (χ4n) is 8.95. The van der Waals surface area contributed by atoms with Gasteiger partial charge in [0, 0.05) is 17.7 Å². The molecule has 0 aliphatic carbocycles. The number of carbonyl (C=O) groups excluding carboxylic acids is 3. The molecule has 0 aromatic rings. The molecule has 3 atom stereocenters. The van der Waals surface area contributed by atoms with E-state index >= 15 is 0 Å². The summed E-state index contributed by atoms with van der Waals surface area (Å²) in [6.45, 7) is 11.5. The highest BCUT2D eigenvalue weighted by atomic mass is 32.2. The number of rotatable bonds is 44. The molecular formula is C53H103N3O4S. The highest BCUT2D eigenvalue weighted by molar-refractivity contribution is 7.99. The Hall–Kier alpha value is -1.28. The molecule has 1 fully saturated rings. The molecule has 0 radical (unpaired) electrons. The van der Waals surface area contributed by atoms with Crippen molar-refractivity contribution in [1.29, 1.82) is 0 Å². The molecule has 1 heterocycles. The first-order chi connectivity index (χ1) is 29.8. The molecule has 0 aromatic carbocycles. The van der Waals surface area contributed by atoms with E-state index in [1.807, 2.05) is 0 Å². The molecule has 360 valence electrons. The van der Waals surface area contributed by atoms with Gasteiger partial charge in [0.15, 0.2) is 0 Å². The highest BCUT2D eigenvalue weighted by Crippen LogP contribution is 2.23. The van der Waals surface area contributed by atoms with Gasteiger partial charge < -0.3 is 20.3 Å². The molecule has 3 unspecified atom stereocenters. The maximum Gasteiger partial charge on any atom is 0.306 e. The second-order valence-corrected chi connectivity index (χ2v) is 20.4. The Morgan fingerprint density at radius 1 is 0.541 bits per heavy atom. The smallest absolute Gasteiger partial charge is 0.306 e. The van der Waals surface area contributed by atoms with Crippen molar-refractivity contribution in [3.8, 4) is 0 Å². The maximum absolute atomic E-state index is 13.9. The summed E-state index contributed by atoms with van der Waals surface area (Å²) in [5, 5.41) is 6.56. The van der Waals surface area contributed by atoms with Crippen LogP contribution in [0.4, 0.5) is 0 Å². The lowest BCUT2D eigenvalue weighted by Crippen LogP contribution is -2.53. The minimum atomic E-state index is -0.544. The summed E-state index contributed by atoms with van der Waals surface area (Å²) >= 11 is 1.70. The third-order valence-electron chi connectivity index (χ3n) is 13.3. The molecule has 0 bridgehead atoms. The van der Waals surface area contributed by atoms with Gasteiger partial charge in [-0.15, -0.1) is 0 Å². The van der Waals surface area contributed by atoms with Crippen molar-refractivity contribution >= 4 is 29.5 Å². The van der Waals surface area contributed by atoms with Crippen LogP contribution in [0.2, 0.25) is 0 Å². The van der Waals surface area contributed by atoms with E-state index in [-0.39, 0.29) is 29.7 Å². The molecule has 8 heteroatoms. The average molecular weight is 878 g/mol. The third-order valence-corrected chi connectivity index (χ3v) is 14.3. The Kier molecular flexibility index (Phi) is 40.4. The largest absolute Gasteiger partial charge is 0.465 e. The van der Waals surface area contributed by atoms with Crippen molar-refractivity contribution in [2.45, 2.75) is 271 Å². The van der Waals surface area contributed by atoms with E-state index in [9.17, 15) is 14.4 Å². The first-order valence-corrected chi connectivity index (χ1v) is 28.0. The molecule has 1 rings (SSSR count). The lowest BCUT2D eigenvalue weighted by atomic mass is 9.93. The van der Waals surface area contributed by atoms with Crippen LogP contribution in [0, 0.1) is 11.8 Å². The standard InChI is InChI=1S/C53H103N3O4S/c1-6-10-14-18-21-23-24-26-28-31-35-47(34-30-27-25-22-19-15-11-7-2)46-60-51(57)41-45-61-44-40-50(53(59)54-49-38-42-56(5)43-39-49)55-52(58)48(36-32-17-13-9-4)37-33-29-20-16-12-8-3/h47-50H,6-46H2,1-5H3,(H,54,59)(H,55,58). The van der Waals surface area contributed by atoms with Gasteiger partial charge in [-0.1, -0.05) is 207 Å². The summed E-state index contributed by atoms with van der Waals surface area (Å²) in [4.78, 5) is 42.9. The Balaban J connectivity index is 2.66. The van der Waals surface area contributed by atoms with Gasteiger partial charge in [0.2, 0.25) is 11.8 Å². The number of likely N-dealkylation sites (tertiary alicyclic amines) is 1. The summed E-state index contributed by atoms with van der Waals surface area (Å²) in [6, 6.07) is -0.389. The lowest BCUT2D eigenvalue weighted by molar-refractivity contribution is -0.144. The third kappa shape index (κ3) is 34.8. The number of thioether (sulfide) groups is 1. The Bertz CT molecular complexity index is 1010. The van der Waals surface area contributed by atoms with Crippen LogP contribution >= 0.6 is 11.8 Å². The van der Waals surface area contributed by atoms with Gasteiger partial charge in [-0.3, -0.25) is 14.4 Å². The van der Waals surface area contributed by atoms with Crippen molar-refractivity contribution in [3.63, 3.8) is 0 Å². The number of unbranched alkanes of at least 4 members (excludes halogenated alkanes) is 24. The van der Waals surface area contributed by atoms with E-state index in [0.717, 1.165) is 63.8 Å². The summed E-state index contributed by atoms with van der Waals surface area (Å²) in [6.07, 6.45) is 43.0. The molecule has 2 amide bonds. The van der Waals surface area contributed by atoms with Crippen LogP contribution in [0.5, 0.6) is 0 Å². The summed E-state index contributed by atoms with van der Waals surface area (Å²) < 4.78 is 5.94. The molecule has 1 aliphatic heterocycles. The molecule has 2 N–H and O–H groups in total. The van der Waals surface area contributed by atoms with Crippen LogP contribution in [-0.2, 0) is 19.1 Å². The SMILES string of the molecule is CCCCCCCCCCCCC(CCCCCCCCCC)COC(=O)CCSCCC(NC(=O)C(CCCCCC)CCCCCCCC)C(=O)NC1CCN(C)CC1. The average Bonchev–Trinajstić information content (AvgIpc) is 3.26. The predicted molar refractivity (Wildman–Crippen MR) is 266 cm³/mol. The normalized spacial score (nSPS) is 15.1. The maximum atomic E-state index is 13.9. The molecule has 1 aliphatic rings. The van der Waals surface area contributed by atoms with Crippen molar-refractivity contribution in [2.75, 3.05) is 38.2 Å². The Morgan fingerprint density at radius 3 is 1.41 bits per heavy atom. The van der Waals surface area contributed by atoms with E-state index in [0.29, 0.717) is 31.1 Å². The van der Waals surface area contributed by atoms with Gasteiger partial charge in [0.1, 0.15) is 6.04 Å². The number of esters is 1. The number of hydrogen-bond acceptors (Lipinski definition) is 6. The highest BCUT2D eigenvalue weighted by Gasteiger charge is 2.28. The van der Waals surface area contributed by atoms with Gasteiger partial charge in [-0.05, 0) is 76.8 Å². The van der Waals surface area contributed by atoms with Gasteiger partial charge in [0.05, 0.1) is 13.0 Å². The number of carbonyl (C=O) groups is 3. The van der Waals surface area contributed by atoms with Crippen LogP contribution in [0.3, 0.4) is 0 Å². The van der Waals surface area contributed by atoms with Gasteiger partial charge in [0.25, 0.3) is 0 Å². The number of nitrogens with zero attached hydrogens (tertiary/aromatic N) is 1. The van der Waals surface area contributed by atoms with Crippen molar-refractivity contribution < 1.29 is 19.1 Å². The van der Waals surface area contributed by atoms with E-state index in [1.54, 1.807) is 11.8 Å². The molecule has 1 saturated heterocycles. The van der Waals surface area contributed by atoms with E-state index in [4.69, 9.17) is 4.74 Å². The Labute approximate surface area is 383 Å². The molecule has 0 spiro atoms. The second kappa shape index (κ2) is 42.7. The van der Waals surface area contributed by atoms with Crippen molar-refractivity contribution in [3.05, 3.63) is 0 Å². The van der Waals surface area contributed by atoms with Gasteiger partial charge >= 0.3 is 5.97 Å². The zero-order chi connectivity index (χ0) is 44.4. The van der Waals surface area contributed by atoms with E-state index < -0.39 is 6.04 Å². The fraction of sp³-hybridized carbons (Fsp3) is 0.943. The van der Waals surface area contributed by atoms with Crippen molar-refractivity contribution in [1.82, 2.24) is 15.5 Å². The fourth-order valence-corrected chi connectivity index (χ4v) is 9.87. The van der Waals surface area contributed by atoms with Crippen LogP contribution in [-0.4, -0.2) is 73.0 Å². The van der Waals surface area contributed by atoms with Crippen LogP contribution < -0.4 is 10.6 Å². The van der Waals surface area contributed by atoms with Crippen LogP contribution in [0.25, 0.3) is 0 Å². The minimum Gasteiger partial charge on any atom is -0.465 e. The van der Waals surface area contributed by atoms with Crippen molar-refractivity contribution in [2.24, 2.45) is 11.8 Å². The van der Waals surface area contributed by atoms with Gasteiger partial charge in [-0.2, -0.15) is 11.8 Å². The topological polar surface area (TPSA) is 87.7 Å². The summed E-state index contributed by atoms with van der Waals surface area (Å²) in [7, 11) is 2.13. The first kappa shape index (κ1) is 57.7. The second-order valence-electron chi connectivity index (χ2n) is 19.2. The summed E-state index contributed by atoms with van der Waals surface area (Å²) in [5.41, 5.74) is 0. The van der Waals surface area contributed by atoms with Crippen LogP contribution in [0.1, 0.15) is 259 Å². The number of hydrogen-bond donors (Lipinski definition) is 2. The number of nitrogens with one attached hydrogen (secondary N) is 2. The number of ether oxygens (including phenoxy) is 1. The molecular weight excluding hydrogens is 775 g/mol. The monoisotopic (exact) mass is 878 g/mol. The first-order valence-electron chi connectivity index (χ1n) is 26.9. The lowest BCUT2D eigenvalue weighted by Gasteiger charge is -2.31. The van der Waals surface area contributed by atoms with E-state index in [2.05, 4.69) is 50.3 Å². The molecule has 0 saturated carbocycles. The van der Waals surface area contributed by atoms with E-state index in [1.165, 1.54) is 173 Å². The quantitative estimate of drug-likeness (QED) is 0.0468. The zero-order valence-electron chi connectivity index (χ0n) is 41.3. The molecule has 7 nitrogen and oxygen atoms in total. The van der Waals surface area contributed by atoms with Crippen LogP contribution in [0.15, 0.2) is 0 Å². The van der Waals surface area contributed by atoms with Gasteiger partial charge in [-0.25, -0.2) is 0 Å². The zero-order valence-corrected chi connectivity index (χ0v) is 42.1. The number of amides is 2. The Morgan fingerprint density at radius 2 is 0.951 bits per heavy atom. The number of piperidine rings is 1. The minimum absolute atomic E-state index is 0.0337. The molecule has 61 heavy (non-hydrogen) atoms. The summed E-state index contributed by atoms with van der Waals surface area (Å²) in [5.74, 6) is 1.75. The molecule has 0 aromatic heterocycles.